The van der Waals surface area contributed by atoms with Crippen LogP contribution in [0.25, 0.3) is 0 Å². The first-order chi connectivity index (χ1) is 11.2. The van der Waals surface area contributed by atoms with Crippen LogP contribution >= 0.6 is 0 Å². The van der Waals surface area contributed by atoms with Crippen molar-refractivity contribution in [2.24, 2.45) is 0 Å². The fraction of sp³-hybridized carbons (Fsp3) is 0.611. The normalized spacial score (nSPS) is 15.5. The maximum Gasteiger partial charge on any atom is 0.222 e. The molecule has 0 spiro atoms. The summed E-state index contributed by atoms with van der Waals surface area (Å²) >= 11 is 0. The molecule has 1 aliphatic heterocycles. The summed E-state index contributed by atoms with van der Waals surface area (Å²) in [4.78, 5) is 16.4. The van der Waals surface area contributed by atoms with E-state index >= 15 is 0 Å². The van der Waals surface area contributed by atoms with Crippen LogP contribution in [0.2, 0.25) is 0 Å². The zero-order valence-corrected chi connectivity index (χ0v) is 14.5. The molecule has 1 amide bonds. The van der Waals surface area contributed by atoms with Gasteiger partial charge in [-0.25, -0.2) is 0 Å². The summed E-state index contributed by atoms with van der Waals surface area (Å²) in [6.07, 6.45) is 2.74. The van der Waals surface area contributed by atoms with E-state index in [0.717, 1.165) is 62.6 Å². The third-order valence-electron chi connectivity index (χ3n) is 4.35. The Morgan fingerprint density at radius 3 is 2.48 bits per heavy atom. The van der Waals surface area contributed by atoms with Crippen molar-refractivity contribution in [3.05, 3.63) is 23.8 Å². The van der Waals surface area contributed by atoms with Crippen LogP contribution in [0, 0.1) is 0 Å². The Hall–Kier alpha value is -1.75. The SMILES string of the molecule is CCCCC(=O)N1CCN(Cc2cc(OC)ccc2OC)CC1. The fourth-order valence-electron chi connectivity index (χ4n) is 2.89. The number of carbonyl (C=O) groups excluding carboxylic acids is 1. The number of piperazine rings is 1. The van der Waals surface area contributed by atoms with Gasteiger partial charge in [0.15, 0.2) is 0 Å². The van der Waals surface area contributed by atoms with E-state index in [-0.39, 0.29) is 0 Å². The van der Waals surface area contributed by atoms with Crippen molar-refractivity contribution >= 4 is 5.91 Å². The van der Waals surface area contributed by atoms with E-state index in [2.05, 4.69) is 11.8 Å². The van der Waals surface area contributed by atoms with Gasteiger partial charge in [-0.2, -0.15) is 0 Å². The molecular weight excluding hydrogens is 292 g/mol. The zero-order valence-electron chi connectivity index (χ0n) is 14.5. The van der Waals surface area contributed by atoms with Crippen LogP contribution in [0.4, 0.5) is 0 Å². The monoisotopic (exact) mass is 320 g/mol. The zero-order chi connectivity index (χ0) is 16.7. The lowest BCUT2D eigenvalue weighted by atomic mass is 10.1. The molecule has 0 unspecified atom stereocenters. The third kappa shape index (κ3) is 4.86. The number of hydrogen-bond acceptors (Lipinski definition) is 4. The van der Waals surface area contributed by atoms with E-state index in [0.29, 0.717) is 12.3 Å². The Labute approximate surface area is 139 Å². The number of rotatable bonds is 7. The molecule has 0 aliphatic carbocycles. The highest BCUT2D eigenvalue weighted by molar-refractivity contribution is 5.76. The summed E-state index contributed by atoms with van der Waals surface area (Å²) in [7, 11) is 3.36. The number of hydrogen-bond donors (Lipinski definition) is 0. The van der Waals surface area contributed by atoms with Gasteiger partial charge in [-0.15, -0.1) is 0 Å². The molecule has 5 nitrogen and oxygen atoms in total. The second-order valence-corrected chi connectivity index (χ2v) is 5.94. The summed E-state index contributed by atoms with van der Waals surface area (Å²) in [5, 5.41) is 0. The first-order valence-corrected chi connectivity index (χ1v) is 8.39. The minimum absolute atomic E-state index is 0.297. The van der Waals surface area contributed by atoms with E-state index in [9.17, 15) is 4.79 Å². The smallest absolute Gasteiger partial charge is 0.222 e. The molecule has 5 heteroatoms. The van der Waals surface area contributed by atoms with E-state index in [1.54, 1.807) is 14.2 Å². The molecule has 2 rings (SSSR count). The highest BCUT2D eigenvalue weighted by atomic mass is 16.5. The number of amides is 1. The molecule has 0 saturated carbocycles. The summed E-state index contributed by atoms with van der Waals surface area (Å²) in [6.45, 7) is 6.37. The summed E-state index contributed by atoms with van der Waals surface area (Å²) in [5.41, 5.74) is 1.12. The molecule has 0 atom stereocenters. The van der Waals surface area contributed by atoms with E-state index < -0.39 is 0 Å². The lowest BCUT2D eigenvalue weighted by molar-refractivity contribution is -0.133. The second kappa shape index (κ2) is 8.77. The van der Waals surface area contributed by atoms with E-state index in [1.807, 2.05) is 23.1 Å². The Morgan fingerprint density at radius 2 is 1.87 bits per heavy atom. The van der Waals surface area contributed by atoms with Crippen molar-refractivity contribution in [3.63, 3.8) is 0 Å². The number of unbranched alkanes of at least 4 members (excludes halogenated alkanes) is 1. The van der Waals surface area contributed by atoms with Crippen molar-refractivity contribution in [2.75, 3.05) is 40.4 Å². The number of methoxy groups -OCH3 is 2. The van der Waals surface area contributed by atoms with Crippen LogP contribution in [0.5, 0.6) is 11.5 Å². The minimum Gasteiger partial charge on any atom is -0.497 e. The van der Waals surface area contributed by atoms with Crippen molar-refractivity contribution < 1.29 is 14.3 Å². The van der Waals surface area contributed by atoms with Gasteiger partial charge in [0.1, 0.15) is 11.5 Å². The number of nitrogens with zero attached hydrogens (tertiary/aromatic N) is 2. The quantitative estimate of drug-likeness (QED) is 0.774. The summed E-state index contributed by atoms with van der Waals surface area (Å²) in [6, 6.07) is 5.88. The predicted molar refractivity (Wildman–Crippen MR) is 90.9 cm³/mol. The Balaban J connectivity index is 1.90. The molecule has 0 radical (unpaired) electrons. The molecule has 1 aliphatic rings. The van der Waals surface area contributed by atoms with Crippen molar-refractivity contribution in [3.8, 4) is 11.5 Å². The first-order valence-electron chi connectivity index (χ1n) is 8.39. The van der Waals surface area contributed by atoms with Gasteiger partial charge >= 0.3 is 0 Å². The van der Waals surface area contributed by atoms with Gasteiger partial charge in [0.25, 0.3) is 0 Å². The summed E-state index contributed by atoms with van der Waals surface area (Å²) < 4.78 is 10.7. The lowest BCUT2D eigenvalue weighted by Crippen LogP contribution is -2.48. The van der Waals surface area contributed by atoms with Crippen LogP contribution < -0.4 is 9.47 Å². The standard InChI is InChI=1S/C18H28N2O3/c1-4-5-6-18(21)20-11-9-19(10-12-20)14-15-13-16(22-2)7-8-17(15)23-3/h7-8,13H,4-6,9-12,14H2,1-3H3. The van der Waals surface area contributed by atoms with Gasteiger partial charge in [0, 0.05) is 44.7 Å². The van der Waals surface area contributed by atoms with Crippen LogP contribution in [0.1, 0.15) is 31.7 Å². The maximum absolute atomic E-state index is 12.1. The first kappa shape index (κ1) is 17.6. The average Bonchev–Trinajstić information content (AvgIpc) is 2.60. The van der Waals surface area contributed by atoms with E-state index in [1.165, 1.54) is 0 Å². The van der Waals surface area contributed by atoms with E-state index in [4.69, 9.17) is 9.47 Å². The van der Waals surface area contributed by atoms with Gasteiger partial charge < -0.3 is 14.4 Å². The largest absolute Gasteiger partial charge is 0.497 e. The van der Waals surface area contributed by atoms with Crippen molar-refractivity contribution in [2.45, 2.75) is 32.7 Å². The fourth-order valence-corrected chi connectivity index (χ4v) is 2.89. The summed E-state index contributed by atoms with van der Waals surface area (Å²) in [5.74, 6) is 2.02. The highest BCUT2D eigenvalue weighted by Crippen LogP contribution is 2.25. The Kier molecular flexibility index (Phi) is 6.71. The number of carbonyl (C=O) groups is 1. The van der Waals surface area contributed by atoms with Gasteiger partial charge in [-0.1, -0.05) is 13.3 Å². The maximum atomic E-state index is 12.1. The van der Waals surface area contributed by atoms with Gasteiger partial charge in [0.2, 0.25) is 5.91 Å². The molecule has 1 fully saturated rings. The molecule has 0 bridgehead atoms. The molecular formula is C18H28N2O3. The molecule has 1 aromatic carbocycles. The van der Waals surface area contributed by atoms with Crippen LogP contribution in [0.3, 0.4) is 0 Å². The van der Waals surface area contributed by atoms with Gasteiger partial charge in [-0.3, -0.25) is 9.69 Å². The molecule has 23 heavy (non-hydrogen) atoms. The predicted octanol–water partition coefficient (Wildman–Crippen LogP) is 2.54. The molecule has 0 N–H and O–H groups in total. The van der Waals surface area contributed by atoms with Gasteiger partial charge in [-0.05, 0) is 24.6 Å². The second-order valence-electron chi connectivity index (χ2n) is 5.94. The third-order valence-corrected chi connectivity index (χ3v) is 4.35. The Bertz CT molecular complexity index is 511. The van der Waals surface area contributed by atoms with Crippen LogP contribution in [-0.4, -0.2) is 56.1 Å². The van der Waals surface area contributed by atoms with Crippen molar-refractivity contribution in [1.29, 1.82) is 0 Å². The van der Waals surface area contributed by atoms with Crippen LogP contribution in [0.15, 0.2) is 18.2 Å². The number of benzene rings is 1. The number of ether oxygens (including phenoxy) is 2. The molecule has 1 aromatic rings. The minimum atomic E-state index is 0.297. The molecule has 1 heterocycles. The van der Waals surface area contributed by atoms with Crippen molar-refractivity contribution in [1.82, 2.24) is 9.80 Å². The Morgan fingerprint density at radius 1 is 1.13 bits per heavy atom. The molecule has 0 aromatic heterocycles. The van der Waals surface area contributed by atoms with Gasteiger partial charge in [0.05, 0.1) is 14.2 Å². The van der Waals surface area contributed by atoms with Crippen LogP contribution in [-0.2, 0) is 11.3 Å². The average molecular weight is 320 g/mol. The lowest BCUT2D eigenvalue weighted by Gasteiger charge is -2.35. The highest BCUT2D eigenvalue weighted by Gasteiger charge is 2.21. The molecule has 1 saturated heterocycles. The molecule has 128 valence electrons. The topological polar surface area (TPSA) is 42.0 Å².